The summed E-state index contributed by atoms with van der Waals surface area (Å²) >= 11 is -0.272. The van der Waals surface area contributed by atoms with E-state index in [0.29, 0.717) is 16.6 Å². The maximum absolute atomic E-state index is 15.3. The third kappa shape index (κ3) is 5.33. The molecule has 15 heteroatoms. The third-order valence-corrected chi connectivity index (χ3v) is 9.55. The van der Waals surface area contributed by atoms with Gasteiger partial charge in [0, 0.05) is 7.11 Å². The molecule has 0 unspecified atom stereocenters. The average molecular weight is 663 g/mol. The molecular weight excluding hydrogens is 637 g/mol. The molecule has 2 atom stereocenters. The van der Waals surface area contributed by atoms with Gasteiger partial charge in [-0.2, -0.15) is 0 Å². The van der Waals surface area contributed by atoms with Gasteiger partial charge in [-0.3, -0.25) is 0 Å². The zero-order valence-electron chi connectivity index (χ0n) is 22.9. The normalized spacial score (nSPS) is 19.0. The molecule has 43 heavy (non-hydrogen) atoms. The number of ether oxygens (including phenoxy) is 5. The zero-order valence-corrected chi connectivity index (χ0v) is 24.6. The van der Waals surface area contributed by atoms with Gasteiger partial charge < -0.3 is 4.74 Å². The molecule has 0 saturated carbocycles. The van der Waals surface area contributed by atoms with Crippen LogP contribution in [0.3, 0.4) is 0 Å². The van der Waals surface area contributed by atoms with Gasteiger partial charge in [0.1, 0.15) is 6.61 Å². The number of aromatic nitrogens is 2. The van der Waals surface area contributed by atoms with E-state index in [1.54, 1.807) is 22.2 Å². The standard InChI is InChI=1S/C28H26F2N4O8Se/c1-38-11-12-40-28(37)42-15-41-26-19(35)6-8-33-25(26)27(36)32-9-10-39-13-21(32)34(33)24-16-4-5-18(29)22(30)17(16)14-43-20-3-2-7-31-23(20)24/h2-8,21,24H,9-15H2,1H3/t21-,24+/m1/s1. The number of morpholine rings is 1. The van der Waals surface area contributed by atoms with Crippen LogP contribution in [0.5, 0.6) is 5.75 Å². The first-order chi connectivity index (χ1) is 20.9. The van der Waals surface area contributed by atoms with E-state index in [9.17, 15) is 18.8 Å². The fraction of sp³-hybridized carbons (Fsp3) is 0.357. The van der Waals surface area contributed by atoms with Gasteiger partial charge in [-0.25, -0.2) is 0 Å². The summed E-state index contributed by atoms with van der Waals surface area (Å²) in [6, 6.07) is 6.72. The number of amides is 1. The van der Waals surface area contributed by atoms with Crippen LogP contribution in [0.4, 0.5) is 13.6 Å². The van der Waals surface area contributed by atoms with Crippen molar-refractivity contribution in [2.24, 2.45) is 0 Å². The summed E-state index contributed by atoms with van der Waals surface area (Å²) in [6.07, 6.45) is 1.31. The molecule has 12 nitrogen and oxygen atoms in total. The van der Waals surface area contributed by atoms with E-state index >= 15 is 4.39 Å². The second-order valence-electron chi connectivity index (χ2n) is 9.64. The van der Waals surface area contributed by atoms with Crippen molar-refractivity contribution in [1.29, 1.82) is 0 Å². The van der Waals surface area contributed by atoms with E-state index in [-0.39, 0.29) is 64.9 Å². The van der Waals surface area contributed by atoms with E-state index in [4.69, 9.17) is 23.7 Å². The minimum absolute atomic E-state index is 0.0469. The molecular formula is C28H26F2N4O8Se. The molecule has 0 spiro atoms. The predicted molar refractivity (Wildman–Crippen MR) is 146 cm³/mol. The summed E-state index contributed by atoms with van der Waals surface area (Å²) in [5.74, 6) is -2.74. The number of carbonyl (C=O) groups excluding carboxylic acids is 2. The van der Waals surface area contributed by atoms with Crippen LogP contribution in [0, 0.1) is 11.6 Å². The Balaban J connectivity index is 1.47. The molecule has 1 fully saturated rings. The summed E-state index contributed by atoms with van der Waals surface area (Å²) in [5, 5.41) is 2.08. The van der Waals surface area contributed by atoms with Crippen LogP contribution in [-0.4, -0.2) is 94.6 Å². The fourth-order valence-corrected chi connectivity index (χ4v) is 7.62. The molecule has 1 amide bonds. The number of halogens is 2. The van der Waals surface area contributed by atoms with E-state index in [1.807, 2.05) is 6.07 Å². The number of nitrogens with zero attached hydrogens (tertiary/aromatic N) is 4. The van der Waals surface area contributed by atoms with Gasteiger partial charge in [0.15, 0.2) is 0 Å². The monoisotopic (exact) mass is 664 g/mol. The number of benzene rings is 1. The minimum atomic E-state index is -1.04. The molecule has 0 bridgehead atoms. The summed E-state index contributed by atoms with van der Waals surface area (Å²) in [5.41, 5.74) is 0.564. The van der Waals surface area contributed by atoms with E-state index in [0.717, 1.165) is 10.5 Å². The van der Waals surface area contributed by atoms with Gasteiger partial charge in [0.05, 0.1) is 6.61 Å². The van der Waals surface area contributed by atoms with Crippen molar-refractivity contribution in [2.75, 3.05) is 51.9 Å². The first-order valence-electron chi connectivity index (χ1n) is 13.3. The Kier molecular flexibility index (Phi) is 8.30. The Labute approximate surface area is 250 Å². The molecule has 226 valence electrons. The van der Waals surface area contributed by atoms with E-state index in [2.05, 4.69) is 4.98 Å². The van der Waals surface area contributed by atoms with Crippen LogP contribution < -0.4 is 19.6 Å². The van der Waals surface area contributed by atoms with E-state index < -0.39 is 48.1 Å². The molecule has 3 aromatic rings. The molecule has 0 N–H and O–H groups in total. The van der Waals surface area contributed by atoms with Crippen molar-refractivity contribution < 1.29 is 42.1 Å². The quantitative estimate of drug-likeness (QED) is 0.157. The number of methoxy groups -OCH3 is 1. The van der Waals surface area contributed by atoms with Gasteiger partial charge in [-0.1, -0.05) is 0 Å². The summed E-state index contributed by atoms with van der Waals surface area (Å²) in [7, 11) is 1.45. The molecule has 6 rings (SSSR count). The first-order valence-corrected chi connectivity index (χ1v) is 15.4. The van der Waals surface area contributed by atoms with Gasteiger partial charge in [-0.05, 0) is 0 Å². The molecule has 5 heterocycles. The van der Waals surface area contributed by atoms with Gasteiger partial charge in [0.25, 0.3) is 0 Å². The van der Waals surface area contributed by atoms with Crippen molar-refractivity contribution in [3.63, 3.8) is 0 Å². The van der Waals surface area contributed by atoms with Crippen molar-refractivity contribution in [1.82, 2.24) is 14.6 Å². The van der Waals surface area contributed by atoms with Crippen molar-refractivity contribution in [3.8, 4) is 5.75 Å². The Hall–Kier alpha value is -4.04. The van der Waals surface area contributed by atoms with Crippen LogP contribution in [0.2, 0.25) is 0 Å². The molecule has 2 aromatic heterocycles. The maximum atomic E-state index is 15.3. The SMILES string of the molecule is COCCOC(=O)OCOc1c2n(ccc1=O)N([C@H]1c3ccc(F)c(F)c3C[Se]c3cccnc31)[C@@H]1COCCN1C2=O. The molecule has 1 aromatic carbocycles. The number of hydrogen-bond acceptors (Lipinski definition) is 10. The van der Waals surface area contributed by atoms with Crippen LogP contribution in [0.25, 0.3) is 0 Å². The van der Waals surface area contributed by atoms with Gasteiger partial charge >= 0.3 is 225 Å². The van der Waals surface area contributed by atoms with Crippen LogP contribution in [-0.2, 0) is 24.3 Å². The third-order valence-electron chi connectivity index (χ3n) is 7.27. The van der Waals surface area contributed by atoms with Gasteiger partial charge in [-0.15, -0.1) is 0 Å². The van der Waals surface area contributed by atoms with Crippen LogP contribution in [0.1, 0.15) is 33.4 Å². The van der Waals surface area contributed by atoms with E-state index in [1.165, 1.54) is 30.1 Å². The fourth-order valence-electron chi connectivity index (χ4n) is 5.35. The predicted octanol–water partition coefficient (Wildman–Crippen LogP) is 1.04. The summed E-state index contributed by atoms with van der Waals surface area (Å²) in [6.45, 7) is -0.0441. The van der Waals surface area contributed by atoms with Crippen molar-refractivity contribution in [3.05, 3.63) is 87.1 Å². The van der Waals surface area contributed by atoms with Crippen LogP contribution in [0.15, 0.2) is 47.5 Å². The Morgan fingerprint density at radius 3 is 2.86 bits per heavy atom. The molecule has 0 radical (unpaired) electrons. The second kappa shape index (κ2) is 12.3. The molecule has 1 saturated heterocycles. The molecule has 3 aliphatic rings. The van der Waals surface area contributed by atoms with Crippen molar-refractivity contribution in [2.45, 2.75) is 17.5 Å². The Bertz CT molecular complexity index is 1620. The number of carbonyl (C=O) groups is 2. The number of pyridine rings is 2. The van der Waals surface area contributed by atoms with Crippen molar-refractivity contribution >= 4 is 31.5 Å². The topological polar surface area (TPSA) is 122 Å². The Morgan fingerprint density at radius 2 is 2.02 bits per heavy atom. The summed E-state index contributed by atoms with van der Waals surface area (Å²) < 4.78 is 58.1. The summed E-state index contributed by atoms with van der Waals surface area (Å²) in [4.78, 5) is 45.1. The first kappa shape index (κ1) is 29.1. The average Bonchev–Trinajstić information content (AvgIpc) is 3.18. The zero-order chi connectivity index (χ0) is 30.1. The number of rotatable bonds is 7. The Morgan fingerprint density at radius 1 is 1.16 bits per heavy atom. The van der Waals surface area contributed by atoms with Gasteiger partial charge in [0.2, 0.25) is 0 Å². The van der Waals surface area contributed by atoms with Crippen LogP contribution >= 0.6 is 0 Å². The molecule has 3 aliphatic heterocycles. The second-order valence-corrected chi connectivity index (χ2v) is 11.8. The molecule has 0 aliphatic carbocycles. The number of hydrogen-bond donors (Lipinski definition) is 0. The number of fused-ring (bicyclic) bond motifs is 4.